The number of amides is 1. The zero-order chi connectivity index (χ0) is 18.7. The second-order valence-electron chi connectivity index (χ2n) is 6.59. The van der Waals surface area contributed by atoms with Crippen LogP contribution < -0.4 is 15.4 Å². The van der Waals surface area contributed by atoms with Gasteiger partial charge in [0.05, 0.1) is 23.9 Å². The lowest BCUT2D eigenvalue weighted by Gasteiger charge is -2.23. The van der Waals surface area contributed by atoms with Crippen LogP contribution in [0.2, 0.25) is 10.0 Å². The smallest absolute Gasteiger partial charge is 0.241 e. The van der Waals surface area contributed by atoms with Crippen LogP contribution >= 0.6 is 23.2 Å². The van der Waals surface area contributed by atoms with E-state index in [-0.39, 0.29) is 18.0 Å². The molecule has 1 aliphatic rings. The third-order valence-electron chi connectivity index (χ3n) is 4.58. The Bertz CT molecular complexity index is 776. The third kappa shape index (κ3) is 4.70. The first-order chi connectivity index (χ1) is 12.5. The maximum absolute atomic E-state index is 12.6. The maximum Gasteiger partial charge on any atom is 0.241 e. The summed E-state index contributed by atoms with van der Waals surface area (Å²) in [6, 6.07) is 12.8. The maximum atomic E-state index is 12.6. The quantitative estimate of drug-likeness (QED) is 0.691. The fourth-order valence-electron chi connectivity index (χ4n) is 2.92. The molecular weight excluding hydrogens is 371 g/mol. The third-order valence-corrected chi connectivity index (χ3v) is 5.13. The molecule has 0 spiro atoms. The molecule has 0 aromatic heterocycles. The van der Waals surface area contributed by atoms with Gasteiger partial charge in [0.1, 0.15) is 5.75 Å². The van der Waals surface area contributed by atoms with Crippen LogP contribution in [0, 0.1) is 5.92 Å². The van der Waals surface area contributed by atoms with Crippen LogP contribution in [-0.2, 0) is 4.79 Å². The minimum absolute atomic E-state index is 0.131. The number of ether oxygens (including phenoxy) is 1. The van der Waals surface area contributed by atoms with Crippen molar-refractivity contribution in [2.24, 2.45) is 5.92 Å². The Morgan fingerprint density at radius 1 is 1.15 bits per heavy atom. The Labute approximate surface area is 163 Å². The van der Waals surface area contributed by atoms with E-state index in [4.69, 9.17) is 27.9 Å². The fraction of sp³-hybridized carbons (Fsp3) is 0.350. The SMILES string of the molecule is COc1ccc(C(NC(C)C(=O)Nc2ccc(Cl)cc2Cl)C2CC2)cc1. The fourth-order valence-corrected chi connectivity index (χ4v) is 3.38. The van der Waals surface area contributed by atoms with Crippen LogP contribution in [0.5, 0.6) is 5.75 Å². The van der Waals surface area contributed by atoms with Crippen molar-refractivity contribution in [1.82, 2.24) is 5.32 Å². The van der Waals surface area contributed by atoms with Gasteiger partial charge in [0.25, 0.3) is 0 Å². The summed E-state index contributed by atoms with van der Waals surface area (Å²) in [6.07, 6.45) is 2.34. The van der Waals surface area contributed by atoms with Crippen molar-refractivity contribution < 1.29 is 9.53 Å². The minimum Gasteiger partial charge on any atom is -0.497 e. The van der Waals surface area contributed by atoms with Crippen LogP contribution in [0.1, 0.15) is 31.4 Å². The molecule has 2 aromatic carbocycles. The van der Waals surface area contributed by atoms with Crippen LogP contribution in [0.25, 0.3) is 0 Å². The summed E-state index contributed by atoms with van der Waals surface area (Å²) in [6.45, 7) is 1.86. The first kappa shape index (κ1) is 19.0. The van der Waals surface area contributed by atoms with Gasteiger partial charge < -0.3 is 10.1 Å². The van der Waals surface area contributed by atoms with E-state index in [0.717, 1.165) is 11.3 Å². The highest BCUT2D eigenvalue weighted by Gasteiger charge is 2.34. The molecule has 138 valence electrons. The minimum atomic E-state index is -0.366. The van der Waals surface area contributed by atoms with Gasteiger partial charge in [0, 0.05) is 11.1 Å². The zero-order valence-corrected chi connectivity index (χ0v) is 16.3. The van der Waals surface area contributed by atoms with Crippen molar-refractivity contribution in [3.8, 4) is 5.75 Å². The second kappa shape index (κ2) is 8.30. The summed E-state index contributed by atoms with van der Waals surface area (Å²) in [7, 11) is 1.65. The molecule has 2 unspecified atom stereocenters. The Kier molecular flexibility index (Phi) is 6.07. The molecule has 26 heavy (non-hydrogen) atoms. The van der Waals surface area contributed by atoms with Gasteiger partial charge in [-0.05, 0) is 61.6 Å². The van der Waals surface area contributed by atoms with Gasteiger partial charge in [-0.2, -0.15) is 0 Å². The highest BCUT2D eigenvalue weighted by molar-refractivity contribution is 6.36. The molecule has 0 aliphatic heterocycles. The Balaban J connectivity index is 1.67. The topological polar surface area (TPSA) is 50.4 Å². The molecule has 0 saturated heterocycles. The van der Waals surface area contributed by atoms with E-state index >= 15 is 0 Å². The van der Waals surface area contributed by atoms with Crippen LogP contribution in [-0.4, -0.2) is 19.1 Å². The van der Waals surface area contributed by atoms with Crippen molar-refractivity contribution in [3.63, 3.8) is 0 Å². The highest BCUT2D eigenvalue weighted by Crippen LogP contribution is 2.41. The predicted octanol–water partition coefficient (Wildman–Crippen LogP) is 5.07. The lowest BCUT2D eigenvalue weighted by Crippen LogP contribution is -2.41. The largest absolute Gasteiger partial charge is 0.497 e. The molecule has 4 nitrogen and oxygen atoms in total. The molecule has 1 fully saturated rings. The summed E-state index contributed by atoms with van der Waals surface area (Å²) in [5, 5.41) is 7.28. The number of benzene rings is 2. The van der Waals surface area contributed by atoms with E-state index in [1.54, 1.807) is 25.3 Å². The number of anilines is 1. The number of carbonyl (C=O) groups is 1. The van der Waals surface area contributed by atoms with E-state index < -0.39 is 0 Å². The van der Waals surface area contributed by atoms with Gasteiger partial charge in [-0.3, -0.25) is 10.1 Å². The normalized spacial score (nSPS) is 16.0. The molecule has 2 atom stereocenters. The van der Waals surface area contributed by atoms with Crippen molar-refractivity contribution in [3.05, 3.63) is 58.1 Å². The molecule has 3 rings (SSSR count). The van der Waals surface area contributed by atoms with Gasteiger partial charge in [0.15, 0.2) is 0 Å². The molecule has 0 radical (unpaired) electrons. The highest BCUT2D eigenvalue weighted by atomic mass is 35.5. The number of hydrogen-bond acceptors (Lipinski definition) is 3. The summed E-state index contributed by atoms with van der Waals surface area (Å²) in [5.41, 5.74) is 1.72. The predicted molar refractivity (Wildman–Crippen MR) is 106 cm³/mol. The van der Waals surface area contributed by atoms with E-state index in [9.17, 15) is 4.79 Å². The van der Waals surface area contributed by atoms with E-state index in [2.05, 4.69) is 22.8 Å². The van der Waals surface area contributed by atoms with Crippen LogP contribution in [0.15, 0.2) is 42.5 Å². The molecular formula is C20H22Cl2N2O2. The molecule has 1 amide bonds. The van der Waals surface area contributed by atoms with E-state index in [1.807, 2.05) is 19.1 Å². The Morgan fingerprint density at radius 3 is 2.42 bits per heavy atom. The number of nitrogens with one attached hydrogen (secondary N) is 2. The van der Waals surface area contributed by atoms with Crippen LogP contribution in [0.4, 0.5) is 5.69 Å². The summed E-state index contributed by atoms with van der Waals surface area (Å²) in [5.74, 6) is 1.25. The molecule has 1 saturated carbocycles. The summed E-state index contributed by atoms with van der Waals surface area (Å²) < 4.78 is 5.22. The number of halogens is 2. The lowest BCUT2D eigenvalue weighted by molar-refractivity contribution is -0.118. The van der Waals surface area contributed by atoms with E-state index in [0.29, 0.717) is 21.7 Å². The number of hydrogen-bond donors (Lipinski definition) is 2. The number of methoxy groups -OCH3 is 1. The molecule has 1 aliphatic carbocycles. The van der Waals surface area contributed by atoms with E-state index in [1.165, 1.54) is 12.8 Å². The second-order valence-corrected chi connectivity index (χ2v) is 7.43. The first-order valence-corrected chi connectivity index (χ1v) is 9.39. The molecule has 0 heterocycles. The molecule has 2 N–H and O–H groups in total. The van der Waals surface area contributed by atoms with Crippen LogP contribution in [0.3, 0.4) is 0 Å². The Morgan fingerprint density at radius 2 is 1.85 bits per heavy atom. The van der Waals surface area contributed by atoms with Crippen molar-refractivity contribution in [1.29, 1.82) is 0 Å². The summed E-state index contributed by atoms with van der Waals surface area (Å²) in [4.78, 5) is 12.6. The van der Waals surface area contributed by atoms with Gasteiger partial charge in [-0.15, -0.1) is 0 Å². The average Bonchev–Trinajstić information content (AvgIpc) is 3.47. The lowest BCUT2D eigenvalue weighted by atomic mass is 10.0. The monoisotopic (exact) mass is 392 g/mol. The van der Waals surface area contributed by atoms with Crippen molar-refractivity contribution in [2.75, 3.05) is 12.4 Å². The molecule has 6 heteroatoms. The first-order valence-electron chi connectivity index (χ1n) is 8.64. The standard InChI is InChI=1S/C20H22Cl2N2O2/c1-12(20(25)24-18-10-7-15(21)11-17(18)22)23-19(13-3-4-13)14-5-8-16(26-2)9-6-14/h5-13,19,23H,3-4H2,1-2H3,(H,24,25). The van der Waals surface area contributed by atoms with Crippen molar-refractivity contribution in [2.45, 2.75) is 31.8 Å². The Hall–Kier alpha value is -1.75. The van der Waals surface area contributed by atoms with Gasteiger partial charge in [0.2, 0.25) is 5.91 Å². The van der Waals surface area contributed by atoms with Gasteiger partial charge in [-0.1, -0.05) is 35.3 Å². The van der Waals surface area contributed by atoms with Gasteiger partial charge in [-0.25, -0.2) is 0 Å². The summed E-state index contributed by atoms with van der Waals surface area (Å²) >= 11 is 12.0. The molecule has 0 bridgehead atoms. The zero-order valence-electron chi connectivity index (χ0n) is 14.8. The number of rotatable bonds is 7. The number of carbonyl (C=O) groups excluding carboxylic acids is 1. The van der Waals surface area contributed by atoms with Gasteiger partial charge >= 0.3 is 0 Å². The van der Waals surface area contributed by atoms with Crippen molar-refractivity contribution >= 4 is 34.8 Å². The average molecular weight is 393 g/mol. The molecule has 2 aromatic rings.